The zero-order valence-electron chi connectivity index (χ0n) is 12.9. The van der Waals surface area contributed by atoms with Crippen LogP contribution in [0.15, 0.2) is 36.4 Å². The third-order valence-corrected chi connectivity index (χ3v) is 4.55. The summed E-state index contributed by atoms with van der Waals surface area (Å²) in [6, 6.07) is 6.78. The summed E-state index contributed by atoms with van der Waals surface area (Å²) in [5.41, 5.74) is 1.000. The van der Waals surface area contributed by atoms with Gasteiger partial charge in [0.05, 0.1) is 0 Å². The normalized spacial score (nSPS) is 20.3. The minimum Gasteiger partial charge on any atom is -0.341 e. The third-order valence-electron chi connectivity index (χ3n) is 4.55. The molecule has 0 bridgehead atoms. The number of carbonyl (C=O) groups is 1. The number of nitrogens with zero attached hydrogens (tertiary/aromatic N) is 2. The van der Waals surface area contributed by atoms with E-state index in [9.17, 15) is 9.18 Å². The number of rotatable bonds is 3. The molecule has 1 heterocycles. The maximum absolute atomic E-state index is 13.3. The monoisotopic (exact) mass is 302 g/mol. The molecule has 1 aliphatic heterocycles. The van der Waals surface area contributed by atoms with E-state index >= 15 is 0 Å². The van der Waals surface area contributed by atoms with Crippen molar-refractivity contribution < 1.29 is 9.18 Å². The van der Waals surface area contributed by atoms with Crippen molar-refractivity contribution in [3.05, 3.63) is 47.8 Å². The molecule has 0 atom stereocenters. The second-order valence-electron chi connectivity index (χ2n) is 6.22. The largest absolute Gasteiger partial charge is 0.341 e. The fourth-order valence-electron chi connectivity index (χ4n) is 3.32. The van der Waals surface area contributed by atoms with Gasteiger partial charge in [0.25, 0.3) is 0 Å². The van der Waals surface area contributed by atoms with Crippen molar-refractivity contribution in [1.29, 1.82) is 0 Å². The van der Waals surface area contributed by atoms with E-state index < -0.39 is 0 Å². The second kappa shape index (κ2) is 7.05. The highest BCUT2D eigenvalue weighted by Gasteiger charge is 2.26. The molecule has 3 rings (SSSR count). The van der Waals surface area contributed by atoms with Gasteiger partial charge in [-0.3, -0.25) is 9.69 Å². The van der Waals surface area contributed by atoms with Gasteiger partial charge in [-0.15, -0.1) is 0 Å². The fourth-order valence-corrected chi connectivity index (χ4v) is 3.32. The summed E-state index contributed by atoms with van der Waals surface area (Å²) in [5.74, 6) is 0.283. The van der Waals surface area contributed by atoms with Gasteiger partial charge in [0, 0.05) is 38.6 Å². The summed E-state index contributed by atoms with van der Waals surface area (Å²) < 4.78 is 13.3. The molecule has 2 aliphatic rings. The highest BCUT2D eigenvalue weighted by Crippen LogP contribution is 2.21. The molecule has 4 heteroatoms. The highest BCUT2D eigenvalue weighted by atomic mass is 19.1. The van der Waals surface area contributed by atoms with Gasteiger partial charge in [0.2, 0.25) is 5.91 Å². The Morgan fingerprint density at radius 1 is 1.14 bits per heavy atom. The molecule has 0 unspecified atom stereocenters. The number of benzene rings is 1. The van der Waals surface area contributed by atoms with Crippen LogP contribution in [0.25, 0.3) is 0 Å². The lowest BCUT2D eigenvalue weighted by Gasteiger charge is -2.24. The quantitative estimate of drug-likeness (QED) is 0.802. The average Bonchev–Trinajstić information content (AvgIpc) is 2.94. The molecular weight excluding hydrogens is 279 g/mol. The minimum absolute atomic E-state index is 0.162. The summed E-state index contributed by atoms with van der Waals surface area (Å²) in [7, 11) is 0. The Labute approximate surface area is 131 Å². The Kier molecular flexibility index (Phi) is 4.88. The van der Waals surface area contributed by atoms with E-state index in [0.717, 1.165) is 57.5 Å². The molecule has 1 aromatic rings. The Bertz CT molecular complexity index is 550. The molecule has 22 heavy (non-hydrogen) atoms. The predicted molar refractivity (Wildman–Crippen MR) is 84.7 cm³/mol. The van der Waals surface area contributed by atoms with Gasteiger partial charge >= 0.3 is 0 Å². The number of hydrogen-bond donors (Lipinski definition) is 0. The maximum atomic E-state index is 13.3. The second-order valence-corrected chi connectivity index (χ2v) is 6.22. The number of carbonyl (C=O) groups excluding carboxylic acids is 1. The first-order valence-electron chi connectivity index (χ1n) is 8.13. The molecular formula is C18H23FN2O. The lowest BCUT2D eigenvalue weighted by atomic mass is 10.1. The lowest BCUT2D eigenvalue weighted by molar-refractivity contribution is -0.135. The summed E-state index contributed by atoms with van der Waals surface area (Å²) >= 11 is 0. The smallest absolute Gasteiger partial charge is 0.226 e. The SMILES string of the molecule is O=C(C1CC=CC1)N1CCCN(Cc2cccc(F)c2)CC1. The molecule has 1 amide bonds. The van der Waals surface area contributed by atoms with Crippen molar-refractivity contribution in [1.82, 2.24) is 9.80 Å². The van der Waals surface area contributed by atoms with E-state index in [0.29, 0.717) is 5.91 Å². The van der Waals surface area contributed by atoms with Crippen molar-refractivity contribution in [2.75, 3.05) is 26.2 Å². The Balaban J connectivity index is 1.54. The molecule has 1 saturated heterocycles. The summed E-state index contributed by atoms with van der Waals surface area (Å²) in [4.78, 5) is 16.8. The van der Waals surface area contributed by atoms with Crippen LogP contribution in [0.1, 0.15) is 24.8 Å². The minimum atomic E-state index is -0.183. The van der Waals surface area contributed by atoms with Crippen LogP contribution in [-0.2, 0) is 11.3 Å². The van der Waals surface area contributed by atoms with Crippen LogP contribution in [0.5, 0.6) is 0 Å². The Hall–Kier alpha value is -1.68. The van der Waals surface area contributed by atoms with Crippen LogP contribution >= 0.6 is 0 Å². The third kappa shape index (κ3) is 3.74. The maximum Gasteiger partial charge on any atom is 0.226 e. The zero-order chi connectivity index (χ0) is 15.4. The first-order valence-corrected chi connectivity index (χ1v) is 8.13. The van der Waals surface area contributed by atoms with Gasteiger partial charge in [-0.25, -0.2) is 4.39 Å². The van der Waals surface area contributed by atoms with Crippen LogP contribution in [0.2, 0.25) is 0 Å². The zero-order valence-corrected chi connectivity index (χ0v) is 12.9. The molecule has 0 spiro atoms. The topological polar surface area (TPSA) is 23.6 Å². The summed E-state index contributed by atoms with van der Waals surface area (Å²) in [5, 5.41) is 0. The Morgan fingerprint density at radius 2 is 1.95 bits per heavy atom. The van der Waals surface area contributed by atoms with Crippen LogP contribution < -0.4 is 0 Å². The van der Waals surface area contributed by atoms with E-state index in [-0.39, 0.29) is 11.7 Å². The molecule has 118 valence electrons. The van der Waals surface area contributed by atoms with Gasteiger partial charge in [-0.2, -0.15) is 0 Å². The number of halogens is 1. The van der Waals surface area contributed by atoms with Gasteiger partial charge in [-0.1, -0.05) is 24.3 Å². The molecule has 0 N–H and O–H groups in total. The number of allylic oxidation sites excluding steroid dienone is 2. The van der Waals surface area contributed by atoms with Crippen molar-refractivity contribution in [2.45, 2.75) is 25.8 Å². The predicted octanol–water partition coefficient (Wildman–Crippen LogP) is 2.83. The van der Waals surface area contributed by atoms with Crippen LogP contribution in [0.4, 0.5) is 4.39 Å². The van der Waals surface area contributed by atoms with Crippen molar-refractivity contribution >= 4 is 5.91 Å². The van der Waals surface area contributed by atoms with E-state index in [1.807, 2.05) is 11.0 Å². The molecule has 0 aromatic heterocycles. The Morgan fingerprint density at radius 3 is 2.73 bits per heavy atom. The first-order chi connectivity index (χ1) is 10.7. The lowest BCUT2D eigenvalue weighted by Crippen LogP contribution is -2.38. The molecule has 0 saturated carbocycles. The van der Waals surface area contributed by atoms with Gasteiger partial charge < -0.3 is 4.90 Å². The van der Waals surface area contributed by atoms with Gasteiger partial charge in [0.15, 0.2) is 0 Å². The molecule has 1 aliphatic carbocycles. The molecule has 3 nitrogen and oxygen atoms in total. The molecule has 0 radical (unpaired) electrons. The molecule has 1 fully saturated rings. The first kappa shape index (κ1) is 15.2. The van der Waals surface area contributed by atoms with Crippen LogP contribution in [0.3, 0.4) is 0 Å². The van der Waals surface area contributed by atoms with Crippen LogP contribution in [0, 0.1) is 11.7 Å². The number of hydrogen-bond acceptors (Lipinski definition) is 2. The van der Waals surface area contributed by atoms with Gasteiger partial charge in [0.1, 0.15) is 5.82 Å². The van der Waals surface area contributed by atoms with Gasteiger partial charge in [-0.05, 0) is 37.0 Å². The van der Waals surface area contributed by atoms with E-state index in [1.54, 1.807) is 12.1 Å². The average molecular weight is 302 g/mol. The highest BCUT2D eigenvalue weighted by molar-refractivity contribution is 5.79. The summed E-state index contributed by atoms with van der Waals surface area (Å²) in [6.45, 7) is 4.20. The van der Waals surface area contributed by atoms with Crippen molar-refractivity contribution in [2.24, 2.45) is 5.92 Å². The fraction of sp³-hybridized carbons (Fsp3) is 0.500. The van der Waals surface area contributed by atoms with Crippen molar-refractivity contribution in [3.8, 4) is 0 Å². The van der Waals surface area contributed by atoms with Crippen molar-refractivity contribution in [3.63, 3.8) is 0 Å². The number of amides is 1. The van der Waals surface area contributed by atoms with E-state index in [1.165, 1.54) is 6.07 Å². The molecule has 1 aromatic carbocycles. The van der Waals surface area contributed by atoms with E-state index in [2.05, 4.69) is 17.1 Å². The van der Waals surface area contributed by atoms with E-state index in [4.69, 9.17) is 0 Å². The summed E-state index contributed by atoms with van der Waals surface area (Å²) in [6.07, 6.45) is 6.99. The van der Waals surface area contributed by atoms with Crippen LogP contribution in [-0.4, -0.2) is 41.9 Å². The standard InChI is InChI=1S/C18H23FN2O/c19-17-8-3-5-15(13-17)14-20-9-4-10-21(12-11-20)18(22)16-6-1-2-7-16/h1-3,5,8,13,16H,4,6-7,9-12,14H2.